The van der Waals surface area contributed by atoms with Gasteiger partial charge < -0.3 is 0 Å². The molecule has 0 atom stereocenters. The van der Waals surface area contributed by atoms with E-state index < -0.39 is 9.05 Å². The summed E-state index contributed by atoms with van der Waals surface area (Å²) in [5, 5.41) is 0.479. The second-order valence-electron chi connectivity index (χ2n) is 3.91. The van der Waals surface area contributed by atoms with Gasteiger partial charge in [0.2, 0.25) is 0 Å². The monoisotopic (exact) mass is 300 g/mol. The summed E-state index contributed by atoms with van der Waals surface area (Å²) in [5.74, 6) is 0.349. The Morgan fingerprint density at radius 3 is 2.25 bits per heavy atom. The molecule has 0 aliphatic carbocycles. The zero-order valence-electron chi connectivity index (χ0n) is 8.80. The number of hydrogen-bond acceptors (Lipinski definition) is 2. The summed E-state index contributed by atoms with van der Waals surface area (Å²) in [6.45, 7) is 4.01. The topological polar surface area (TPSA) is 34.1 Å². The molecular weight excluding hydrogens is 291 g/mol. The standard InChI is InChI=1S/C10H11Cl3O2S/c1-6(2)3-7-4-8(11)5-9(10(7)12)16(13,14)15/h4-6H,3H2,1-2H3. The first-order valence-electron chi connectivity index (χ1n) is 4.64. The molecule has 1 aromatic carbocycles. The van der Waals surface area contributed by atoms with E-state index >= 15 is 0 Å². The normalized spacial score (nSPS) is 12.1. The lowest BCUT2D eigenvalue weighted by Gasteiger charge is -2.10. The summed E-state index contributed by atoms with van der Waals surface area (Å²) in [7, 11) is 1.42. The summed E-state index contributed by atoms with van der Waals surface area (Å²) in [4.78, 5) is -0.126. The van der Waals surface area contributed by atoms with Crippen LogP contribution >= 0.6 is 33.9 Å². The highest BCUT2D eigenvalue weighted by Crippen LogP contribution is 2.32. The number of rotatable bonds is 3. The molecule has 1 aromatic rings. The highest BCUT2D eigenvalue weighted by atomic mass is 35.7. The smallest absolute Gasteiger partial charge is 0.207 e. The molecule has 0 heterocycles. The third-order valence-corrected chi connectivity index (χ3v) is 4.09. The van der Waals surface area contributed by atoms with Crippen molar-refractivity contribution in [1.82, 2.24) is 0 Å². The maximum absolute atomic E-state index is 11.3. The molecule has 0 fully saturated rings. The third kappa shape index (κ3) is 3.52. The number of benzene rings is 1. The summed E-state index contributed by atoms with van der Waals surface area (Å²) in [6.07, 6.45) is 0.652. The van der Waals surface area contributed by atoms with Gasteiger partial charge in [0.25, 0.3) is 9.05 Å². The molecule has 0 aliphatic rings. The van der Waals surface area contributed by atoms with Crippen molar-refractivity contribution in [1.29, 1.82) is 0 Å². The van der Waals surface area contributed by atoms with Gasteiger partial charge in [-0.1, -0.05) is 37.0 Å². The summed E-state index contributed by atoms with van der Waals surface area (Å²) in [6, 6.07) is 2.92. The van der Waals surface area contributed by atoms with Gasteiger partial charge in [0, 0.05) is 15.7 Å². The maximum Gasteiger partial charge on any atom is 0.262 e. The van der Waals surface area contributed by atoms with Crippen LogP contribution in [-0.2, 0) is 15.5 Å². The molecule has 0 bridgehead atoms. The molecule has 1 rings (SSSR count). The van der Waals surface area contributed by atoms with E-state index in [2.05, 4.69) is 0 Å². The van der Waals surface area contributed by atoms with E-state index in [9.17, 15) is 8.42 Å². The van der Waals surface area contributed by atoms with Gasteiger partial charge in [-0.15, -0.1) is 0 Å². The Hall–Kier alpha value is 0.0400. The average Bonchev–Trinajstić information content (AvgIpc) is 2.07. The van der Waals surface area contributed by atoms with Gasteiger partial charge in [-0.2, -0.15) is 0 Å². The molecule has 6 heteroatoms. The van der Waals surface area contributed by atoms with E-state index in [4.69, 9.17) is 33.9 Å². The van der Waals surface area contributed by atoms with E-state index in [-0.39, 0.29) is 9.92 Å². The van der Waals surface area contributed by atoms with Gasteiger partial charge in [-0.3, -0.25) is 0 Å². The number of hydrogen-bond donors (Lipinski definition) is 0. The van der Waals surface area contributed by atoms with Crippen molar-refractivity contribution < 1.29 is 8.42 Å². The summed E-state index contributed by atoms with van der Waals surface area (Å²) >= 11 is 11.8. The molecule has 0 unspecified atom stereocenters. The third-order valence-electron chi connectivity index (χ3n) is 1.97. The molecule has 0 aliphatic heterocycles. The van der Waals surface area contributed by atoms with Crippen LogP contribution < -0.4 is 0 Å². The van der Waals surface area contributed by atoms with Gasteiger partial charge >= 0.3 is 0 Å². The Morgan fingerprint density at radius 1 is 1.25 bits per heavy atom. The molecule has 16 heavy (non-hydrogen) atoms. The van der Waals surface area contributed by atoms with E-state index in [1.807, 2.05) is 13.8 Å². The Morgan fingerprint density at radius 2 is 1.81 bits per heavy atom. The first-order chi connectivity index (χ1) is 7.21. The van der Waals surface area contributed by atoms with Gasteiger partial charge in [0.05, 0.1) is 5.02 Å². The SMILES string of the molecule is CC(C)Cc1cc(Cl)cc(S(=O)(=O)Cl)c1Cl. The predicted molar refractivity (Wildman–Crippen MR) is 68.0 cm³/mol. The van der Waals surface area contributed by atoms with Crippen molar-refractivity contribution in [3.8, 4) is 0 Å². The van der Waals surface area contributed by atoms with Crippen LogP contribution in [0, 0.1) is 5.92 Å². The highest BCUT2D eigenvalue weighted by molar-refractivity contribution is 8.13. The van der Waals surface area contributed by atoms with Gasteiger partial charge in [0.15, 0.2) is 0 Å². The van der Waals surface area contributed by atoms with Crippen molar-refractivity contribution in [3.63, 3.8) is 0 Å². The van der Waals surface area contributed by atoms with Crippen LogP contribution in [0.25, 0.3) is 0 Å². The molecule has 0 aromatic heterocycles. The first kappa shape index (κ1) is 14.1. The summed E-state index contributed by atoms with van der Waals surface area (Å²) < 4.78 is 22.5. The molecule has 0 saturated carbocycles. The van der Waals surface area contributed by atoms with Crippen molar-refractivity contribution in [2.45, 2.75) is 25.2 Å². The Bertz CT molecular complexity index is 495. The lowest BCUT2D eigenvalue weighted by Crippen LogP contribution is -2.00. The number of halogens is 3. The Kier molecular flexibility index (Phi) is 4.52. The van der Waals surface area contributed by atoms with Crippen LogP contribution in [0.1, 0.15) is 19.4 Å². The minimum absolute atomic E-state index is 0.126. The van der Waals surface area contributed by atoms with Crippen molar-refractivity contribution >= 4 is 42.9 Å². The Labute approximate surface area is 110 Å². The maximum atomic E-state index is 11.3. The van der Waals surface area contributed by atoms with Crippen molar-refractivity contribution in [2.24, 2.45) is 5.92 Å². The average molecular weight is 302 g/mol. The molecule has 0 saturated heterocycles. The Balaban J connectivity index is 3.38. The minimum Gasteiger partial charge on any atom is -0.207 e. The van der Waals surface area contributed by atoms with E-state index in [1.54, 1.807) is 6.07 Å². The fraction of sp³-hybridized carbons (Fsp3) is 0.400. The van der Waals surface area contributed by atoms with Crippen LogP contribution in [0.3, 0.4) is 0 Å². The van der Waals surface area contributed by atoms with Crippen LogP contribution in [-0.4, -0.2) is 8.42 Å². The fourth-order valence-electron chi connectivity index (χ4n) is 1.38. The second kappa shape index (κ2) is 5.13. The highest BCUT2D eigenvalue weighted by Gasteiger charge is 2.19. The second-order valence-corrected chi connectivity index (χ2v) is 7.26. The van der Waals surface area contributed by atoms with Gasteiger partial charge in [-0.25, -0.2) is 8.42 Å². The van der Waals surface area contributed by atoms with Gasteiger partial charge in [-0.05, 0) is 30.0 Å². The largest absolute Gasteiger partial charge is 0.262 e. The molecule has 0 radical (unpaired) electrons. The predicted octanol–water partition coefficient (Wildman–Crippen LogP) is 4.12. The van der Waals surface area contributed by atoms with Crippen LogP contribution in [0.2, 0.25) is 10.0 Å². The zero-order chi connectivity index (χ0) is 12.5. The molecule has 90 valence electrons. The minimum atomic E-state index is -3.86. The van der Waals surface area contributed by atoms with Gasteiger partial charge in [0.1, 0.15) is 4.90 Å². The quantitative estimate of drug-likeness (QED) is 0.787. The van der Waals surface area contributed by atoms with Crippen LogP contribution in [0.4, 0.5) is 0 Å². The molecule has 0 N–H and O–H groups in total. The van der Waals surface area contributed by atoms with E-state index in [0.717, 1.165) is 0 Å². The molecular formula is C10H11Cl3O2S. The van der Waals surface area contributed by atoms with Crippen LogP contribution in [0.5, 0.6) is 0 Å². The zero-order valence-corrected chi connectivity index (χ0v) is 11.9. The van der Waals surface area contributed by atoms with Crippen molar-refractivity contribution in [2.75, 3.05) is 0 Å². The van der Waals surface area contributed by atoms with Crippen molar-refractivity contribution in [3.05, 3.63) is 27.7 Å². The summed E-state index contributed by atoms with van der Waals surface area (Å²) in [5.41, 5.74) is 0.698. The molecule has 2 nitrogen and oxygen atoms in total. The molecule has 0 spiro atoms. The van der Waals surface area contributed by atoms with E-state index in [0.29, 0.717) is 22.9 Å². The molecule has 0 amide bonds. The van der Waals surface area contributed by atoms with E-state index in [1.165, 1.54) is 6.07 Å². The van der Waals surface area contributed by atoms with Crippen LogP contribution in [0.15, 0.2) is 17.0 Å². The lowest BCUT2D eigenvalue weighted by atomic mass is 10.0. The lowest BCUT2D eigenvalue weighted by molar-refractivity contribution is 0.608. The first-order valence-corrected chi connectivity index (χ1v) is 7.71. The fourth-order valence-corrected chi connectivity index (χ4v) is 3.28.